The first-order chi connectivity index (χ1) is 8.79. The Bertz CT molecular complexity index is 608. The first kappa shape index (κ1) is 12.4. The zero-order chi connectivity index (χ0) is 13.0. The summed E-state index contributed by atoms with van der Waals surface area (Å²) in [5.74, 6) is 0. The summed E-state index contributed by atoms with van der Waals surface area (Å²) < 4.78 is 2.24. The Morgan fingerprint density at radius 3 is 1.72 bits per heavy atom. The number of benzene rings is 2. The molecule has 0 atom stereocenters. The maximum Gasteiger partial charge on any atom is 0.0488 e. The van der Waals surface area contributed by atoms with Crippen LogP contribution < -0.4 is 0 Å². The SMILES string of the molecule is C=CCC.Cn1c2ccccc2c2ccccc21. The summed E-state index contributed by atoms with van der Waals surface area (Å²) >= 11 is 0. The van der Waals surface area contributed by atoms with Crippen LogP contribution in [0.1, 0.15) is 13.3 Å². The van der Waals surface area contributed by atoms with Gasteiger partial charge in [-0.2, -0.15) is 0 Å². The van der Waals surface area contributed by atoms with Crippen LogP contribution in [-0.4, -0.2) is 4.57 Å². The van der Waals surface area contributed by atoms with E-state index in [2.05, 4.69) is 73.6 Å². The normalized spacial score (nSPS) is 10.1. The molecule has 0 aliphatic rings. The van der Waals surface area contributed by atoms with Gasteiger partial charge in [-0.25, -0.2) is 0 Å². The number of aryl methyl sites for hydroxylation is 1. The third kappa shape index (κ3) is 2.17. The predicted octanol–water partition coefficient (Wildman–Crippen LogP) is 4.91. The van der Waals surface area contributed by atoms with E-state index in [0.29, 0.717) is 0 Å². The maximum absolute atomic E-state index is 3.48. The maximum atomic E-state index is 3.48. The molecule has 0 spiro atoms. The average Bonchev–Trinajstić information content (AvgIpc) is 2.74. The van der Waals surface area contributed by atoms with Crippen molar-refractivity contribution in [3.8, 4) is 0 Å². The molecule has 92 valence electrons. The molecule has 0 radical (unpaired) electrons. The molecule has 0 aliphatic heterocycles. The van der Waals surface area contributed by atoms with Crippen LogP contribution in [-0.2, 0) is 7.05 Å². The van der Waals surface area contributed by atoms with Gasteiger partial charge < -0.3 is 4.57 Å². The molecule has 1 heterocycles. The van der Waals surface area contributed by atoms with Crippen molar-refractivity contribution in [3.05, 3.63) is 61.2 Å². The van der Waals surface area contributed by atoms with Gasteiger partial charge in [0.2, 0.25) is 0 Å². The highest BCUT2D eigenvalue weighted by atomic mass is 14.9. The monoisotopic (exact) mass is 237 g/mol. The van der Waals surface area contributed by atoms with Gasteiger partial charge in [-0.05, 0) is 18.6 Å². The molecule has 3 rings (SSSR count). The molecule has 0 unspecified atom stereocenters. The summed E-state index contributed by atoms with van der Waals surface area (Å²) in [7, 11) is 2.12. The number of rotatable bonds is 1. The number of nitrogens with zero attached hydrogens (tertiary/aromatic N) is 1. The van der Waals surface area contributed by atoms with Gasteiger partial charge in [-0.15, -0.1) is 6.58 Å². The minimum Gasteiger partial charge on any atom is -0.344 e. The van der Waals surface area contributed by atoms with Crippen LogP contribution in [0.15, 0.2) is 61.2 Å². The predicted molar refractivity (Wildman–Crippen MR) is 80.9 cm³/mol. The molecular formula is C17H19N. The van der Waals surface area contributed by atoms with E-state index in [0.717, 1.165) is 6.42 Å². The van der Waals surface area contributed by atoms with Gasteiger partial charge in [0.05, 0.1) is 0 Å². The van der Waals surface area contributed by atoms with E-state index >= 15 is 0 Å². The molecule has 0 aliphatic carbocycles. The number of allylic oxidation sites excluding steroid dienone is 1. The van der Waals surface area contributed by atoms with Crippen LogP contribution in [0.3, 0.4) is 0 Å². The van der Waals surface area contributed by atoms with Gasteiger partial charge >= 0.3 is 0 Å². The summed E-state index contributed by atoms with van der Waals surface area (Å²) in [5.41, 5.74) is 2.60. The zero-order valence-corrected chi connectivity index (χ0v) is 11.1. The van der Waals surface area contributed by atoms with Crippen LogP contribution in [0.25, 0.3) is 21.8 Å². The fraction of sp³-hybridized carbons (Fsp3) is 0.176. The van der Waals surface area contributed by atoms with Crippen molar-refractivity contribution in [2.75, 3.05) is 0 Å². The number of fused-ring (bicyclic) bond motifs is 3. The minimum atomic E-state index is 1.08. The lowest BCUT2D eigenvalue weighted by Gasteiger charge is -1.95. The second kappa shape index (κ2) is 5.54. The Balaban J connectivity index is 0.000000267. The van der Waals surface area contributed by atoms with Gasteiger partial charge in [0.1, 0.15) is 0 Å². The van der Waals surface area contributed by atoms with Gasteiger partial charge in [0, 0.05) is 28.9 Å². The molecule has 2 aromatic carbocycles. The molecule has 0 N–H and O–H groups in total. The van der Waals surface area contributed by atoms with E-state index in [9.17, 15) is 0 Å². The number of para-hydroxylation sites is 2. The van der Waals surface area contributed by atoms with E-state index in [1.807, 2.05) is 6.08 Å². The van der Waals surface area contributed by atoms with E-state index in [-0.39, 0.29) is 0 Å². The highest BCUT2D eigenvalue weighted by Gasteiger charge is 2.04. The second-order valence-corrected chi connectivity index (χ2v) is 4.29. The van der Waals surface area contributed by atoms with E-state index in [1.54, 1.807) is 0 Å². The summed E-state index contributed by atoms with van der Waals surface area (Å²) in [4.78, 5) is 0. The number of hydrogen-bond acceptors (Lipinski definition) is 0. The third-order valence-corrected chi connectivity index (χ3v) is 3.11. The molecule has 1 aromatic heterocycles. The van der Waals surface area contributed by atoms with Gasteiger partial charge in [-0.1, -0.05) is 49.4 Å². The first-order valence-corrected chi connectivity index (χ1v) is 6.32. The third-order valence-electron chi connectivity index (χ3n) is 3.11. The standard InChI is InChI=1S/C13H11N.C4H8/c1-14-12-8-4-2-6-10(12)11-7-3-5-9-13(11)14;1-3-4-2/h2-9H,1H3;3H,1,4H2,2H3. The Labute approximate surface area is 108 Å². The van der Waals surface area contributed by atoms with E-state index in [4.69, 9.17) is 0 Å². The summed E-state index contributed by atoms with van der Waals surface area (Å²) in [6, 6.07) is 17.0. The molecule has 0 fully saturated rings. The fourth-order valence-electron chi connectivity index (χ4n) is 2.12. The number of hydrogen-bond donors (Lipinski definition) is 0. The quantitative estimate of drug-likeness (QED) is 0.530. The van der Waals surface area contributed by atoms with Gasteiger partial charge in [0.15, 0.2) is 0 Å². The smallest absolute Gasteiger partial charge is 0.0488 e. The lowest BCUT2D eigenvalue weighted by atomic mass is 10.2. The fourth-order valence-corrected chi connectivity index (χ4v) is 2.12. The topological polar surface area (TPSA) is 4.93 Å². The van der Waals surface area contributed by atoms with Crippen LogP contribution in [0.5, 0.6) is 0 Å². The molecular weight excluding hydrogens is 218 g/mol. The largest absolute Gasteiger partial charge is 0.344 e. The van der Waals surface area contributed by atoms with Crippen LogP contribution in [0.4, 0.5) is 0 Å². The lowest BCUT2D eigenvalue weighted by molar-refractivity contribution is 1.01. The first-order valence-electron chi connectivity index (χ1n) is 6.32. The lowest BCUT2D eigenvalue weighted by Crippen LogP contribution is -1.84. The van der Waals surface area contributed by atoms with Gasteiger partial charge in [0.25, 0.3) is 0 Å². The Kier molecular flexibility index (Phi) is 3.83. The average molecular weight is 237 g/mol. The van der Waals surface area contributed by atoms with Crippen molar-refractivity contribution in [3.63, 3.8) is 0 Å². The highest BCUT2D eigenvalue weighted by Crippen LogP contribution is 2.26. The van der Waals surface area contributed by atoms with Crippen LogP contribution in [0.2, 0.25) is 0 Å². The van der Waals surface area contributed by atoms with Crippen LogP contribution >= 0.6 is 0 Å². The molecule has 18 heavy (non-hydrogen) atoms. The molecule has 3 aromatic rings. The molecule has 0 saturated heterocycles. The molecule has 0 amide bonds. The van der Waals surface area contributed by atoms with E-state index in [1.165, 1.54) is 21.8 Å². The van der Waals surface area contributed by atoms with Crippen molar-refractivity contribution in [2.45, 2.75) is 13.3 Å². The van der Waals surface area contributed by atoms with Crippen molar-refractivity contribution in [1.82, 2.24) is 4.57 Å². The number of aromatic nitrogens is 1. The van der Waals surface area contributed by atoms with Crippen molar-refractivity contribution in [1.29, 1.82) is 0 Å². The molecule has 0 bridgehead atoms. The van der Waals surface area contributed by atoms with Crippen LogP contribution in [0, 0.1) is 0 Å². The second-order valence-electron chi connectivity index (χ2n) is 4.29. The summed E-state index contributed by atoms with van der Waals surface area (Å²) in [6.45, 7) is 5.54. The van der Waals surface area contributed by atoms with Crippen molar-refractivity contribution in [2.24, 2.45) is 7.05 Å². The van der Waals surface area contributed by atoms with E-state index < -0.39 is 0 Å². The highest BCUT2D eigenvalue weighted by molar-refractivity contribution is 6.07. The molecule has 1 nitrogen and oxygen atoms in total. The van der Waals surface area contributed by atoms with Crippen molar-refractivity contribution >= 4 is 21.8 Å². The zero-order valence-electron chi connectivity index (χ0n) is 11.1. The summed E-state index contributed by atoms with van der Waals surface area (Å²) in [5, 5.41) is 2.68. The molecule has 1 heteroatoms. The summed E-state index contributed by atoms with van der Waals surface area (Å²) in [6.07, 6.45) is 2.96. The Morgan fingerprint density at radius 1 is 0.944 bits per heavy atom. The molecule has 0 saturated carbocycles. The Morgan fingerprint density at radius 2 is 1.33 bits per heavy atom. The van der Waals surface area contributed by atoms with Gasteiger partial charge in [-0.3, -0.25) is 0 Å². The minimum absolute atomic E-state index is 1.08. The van der Waals surface area contributed by atoms with Crippen molar-refractivity contribution < 1.29 is 0 Å². The Hall–Kier alpha value is -2.02.